The van der Waals surface area contributed by atoms with E-state index < -0.39 is 21.9 Å². The summed E-state index contributed by atoms with van der Waals surface area (Å²) in [7, 11) is -3.86. The van der Waals surface area contributed by atoms with Gasteiger partial charge in [0.05, 0.1) is 10.6 Å². The lowest BCUT2D eigenvalue weighted by Crippen LogP contribution is -2.12. The van der Waals surface area contributed by atoms with E-state index in [1.807, 2.05) is 0 Å². The monoisotopic (exact) mass is 345 g/mol. The molecule has 1 aromatic heterocycles. The molecule has 0 atom stereocenters. The average molecular weight is 345 g/mol. The molecule has 0 saturated carbocycles. The molecule has 0 aliphatic heterocycles. The summed E-state index contributed by atoms with van der Waals surface area (Å²) in [6.45, 7) is 1.76. The van der Waals surface area contributed by atoms with Crippen LogP contribution in [0.15, 0.2) is 47.4 Å². The molecule has 0 amide bonds. The maximum absolute atomic E-state index is 12.8. The Hall–Kier alpha value is -2.13. The zero-order valence-electron chi connectivity index (χ0n) is 12.1. The van der Waals surface area contributed by atoms with Crippen molar-refractivity contribution >= 4 is 10.0 Å². The number of hydrogen-bond donors (Lipinski definition) is 1. The molecule has 5 nitrogen and oxygen atoms in total. The van der Waals surface area contributed by atoms with Crippen LogP contribution in [-0.2, 0) is 22.6 Å². The van der Waals surface area contributed by atoms with Crippen LogP contribution in [0.2, 0.25) is 0 Å². The van der Waals surface area contributed by atoms with Crippen LogP contribution in [0.5, 0.6) is 0 Å². The molecule has 2 aromatic rings. The molecule has 2 N–H and O–H groups in total. The van der Waals surface area contributed by atoms with E-state index in [2.05, 4.69) is 5.10 Å². The first-order valence-electron chi connectivity index (χ1n) is 6.53. The van der Waals surface area contributed by atoms with Gasteiger partial charge < -0.3 is 0 Å². The Morgan fingerprint density at radius 1 is 1.26 bits per heavy atom. The third-order valence-corrected chi connectivity index (χ3v) is 3.98. The lowest BCUT2D eigenvalue weighted by molar-refractivity contribution is -0.141. The van der Waals surface area contributed by atoms with E-state index in [1.54, 1.807) is 19.1 Å². The fraction of sp³-hybridized carbons (Fsp3) is 0.214. The van der Waals surface area contributed by atoms with E-state index in [0.717, 1.165) is 10.7 Å². The largest absolute Gasteiger partial charge is 0.435 e. The second-order valence-corrected chi connectivity index (χ2v) is 6.30. The van der Waals surface area contributed by atoms with Crippen molar-refractivity contribution in [1.29, 1.82) is 0 Å². The number of rotatable bonds is 4. The number of nitrogens with two attached hydrogens (primary N) is 1. The molecular weight excluding hydrogens is 331 g/mol. The normalized spacial score (nSPS) is 12.9. The molecule has 0 aliphatic carbocycles. The topological polar surface area (TPSA) is 78.0 Å². The van der Waals surface area contributed by atoms with Gasteiger partial charge in [-0.3, -0.25) is 0 Å². The Labute approximate surface area is 131 Å². The van der Waals surface area contributed by atoms with Crippen LogP contribution in [0.1, 0.15) is 18.3 Å². The van der Waals surface area contributed by atoms with Gasteiger partial charge in [-0.05, 0) is 37.3 Å². The van der Waals surface area contributed by atoms with Crippen LogP contribution >= 0.6 is 0 Å². The van der Waals surface area contributed by atoms with Crippen LogP contribution in [0.4, 0.5) is 13.2 Å². The lowest BCUT2D eigenvalue weighted by atomic mass is 10.2. The van der Waals surface area contributed by atoms with E-state index in [4.69, 9.17) is 5.14 Å². The second-order valence-electron chi connectivity index (χ2n) is 4.74. The van der Waals surface area contributed by atoms with Crippen LogP contribution in [0, 0.1) is 0 Å². The SMILES string of the molecule is C/C=C\Cc1cc(C(F)(F)F)nn1-c1ccc(S(N)(=O)=O)cc1. The van der Waals surface area contributed by atoms with Gasteiger partial charge >= 0.3 is 6.18 Å². The Bertz CT molecular complexity index is 822. The standard InChI is InChI=1S/C14H14F3N3O2S/c1-2-3-4-11-9-13(14(15,16)17)19-20(11)10-5-7-12(8-6-10)23(18,21)22/h2-3,5-9H,4H2,1H3,(H2,18,21,22)/b3-2-. The average Bonchev–Trinajstić information content (AvgIpc) is 2.88. The number of primary sulfonamides is 1. The number of alkyl halides is 3. The minimum atomic E-state index is -4.56. The number of halogens is 3. The number of nitrogens with zero attached hydrogens (tertiary/aromatic N) is 2. The van der Waals surface area contributed by atoms with Gasteiger partial charge in [-0.1, -0.05) is 12.2 Å². The van der Waals surface area contributed by atoms with Crippen molar-refractivity contribution in [2.45, 2.75) is 24.4 Å². The number of sulfonamides is 1. The molecule has 9 heteroatoms. The molecule has 23 heavy (non-hydrogen) atoms. The summed E-state index contributed by atoms with van der Waals surface area (Å²) in [6.07, 6.45) is -0.881. The highest BCUT2D eigenvalue weighted by Gasteiger charge is 2.34. The summed E-state index contributed by atoms with van der Waals surface area (Å²) in [5.74, 6) is 0. The fourth-order valence-electron chi connectivity index (χ4n) is 1.94. The number of allylic oxidation sites excluding steroid dienone is 2. The third-order valence-electron chi connectivity index (χ3n) is 3.05. The highest BCUT2D eigenvalue weighted by atomic mass is 32.2. The molecule has 1 heterocycles. The molecule has 124 valence electrons. The van der Waals surface area contributed by atoms with Crippen LogP contribution in [0.25, 0.3) is 5.69 Å². The summed E-state index contributed by atoms with van der Waals surface area (Å²) in [4.78, 5) is -0.126. The Kier molecular flexibility index (Phi) is 4.62. The van der Waals surface area contributed by atoms with Gasteiger partial charge in [-0.15, -0.1) is 0 Å². The predicted molar refractivity (Wildman–Crippen MR) is 78.5 cm³/mol. The maximum atomic E-state index is 12.8. The van der Waals surface area contributed by atoms with Crippen LogP contribution in [-0.4, -0.2) is 18.2 Å². The van der Waals surface area contributed by atoms with Gasteiger partial charge in [0.1, 0.15) is 0 Å². The first-order chi connectivity index (χ1) is 10.6. The number of benzene rings is 1. The summed E-state index contributed by atoms with van der Waals surface area (Å²) in [5, 5.41) is 8.57. The van der Waals surface area contributed by atoms with Crippen molar-refractivity contribution in [1.82, 2.24) is 9.78 Å². The fourth-order valence-corrected chi connectivity index (χ4v) is 2.46. The molecule has 0 radical (unpaired) electrons. The van der Waals surface area contributed by atoms with Gasteiger partial charge in [0.15, 0.2) is 5.69 Å². The van der Waals surface area contributed by atoms with Crippen molar-refractivity contribution in [2.75, 3.05) is 0 Å². The second kappa shape index (κ2) is 6.17. The molecule has 1 aromatic carbocycles. The van der Waals surface area contributed by atoms with E-state index >= 15 is 0 Å². The highest BCUT2D eigenvalue weighted by Crippen LogP contribution is 2.30. The molecule has 0 spiro atoms. The molecule has 0 aliphatic rings. The van der Waals surface area contributed by atoms with Crippen molar-refractivity contribution in [3.05, 3.63) is 53.9 Å². The molecule has 2 rings (SSSR count). The van der Waals surface area contributed by atoms with E-state index in [9.17, 15) is 21.6 Å². The lowest BCUT2D eigenvalue weighted by Gasteiger charge is -2.07. The van der Waals surface area contributed by atoms with Crippen molar-refractivity contribution < 1.29 is 21.6 Å². The molecule has 0 bridgehead atoms. The number of aromatic nitrogens is 2. The first kappa shape index (κ1) is 17.2. The quantitative estimate of drug-likeness (QED) is 0.866. The zero-order valence-corrected chi connectivity index (χ0v) is 12.9. The molecular formula is C14H14F3N3O2S. The van der Waals surface area contributed by atoms with Gasteiger partial charge in [-0.25, -0.2) is 18.2 Å². The molecule has 0 fully saturated rings. The number of hydrogen-bond acceptors (Lipinski definition) is 3. The summed E-state index contributed by atoms with van der Waals surface area (Å²) < 4.78 is 62.1. The smallest absolute Gasteiger partial charge is 0.237 e. The van der Waals surface area contributed by atoms with Crippen LogP contribution in [0.3, 0.4) is 0 Å². The minimum Gasteiger partial charge on any atom is -0.237 e. The predicted octanol–water partition coefficient (Wildman–Crippen LogP) is 2.66. The third kappa shape index (κ3) is 3.99. The summed E-state index contributed by atoms with van der Waals surface area (Å²) in [6, 6.07) is 6.11. The van der Waals surface area contributed by atoms with Gasteiger partial charge in [0.2, 0.25) is 10.0 Å². The van der Waals surface area contributed by atoms with Gasteiger partial charge in [-0.2, -0.15) is 18.3 Å². The Morgan fingerprint density at radius 3 is 2.35 bits per heavy atom. The zero-order chi connectivity index (χ0) is 17.3. The first-order valence-corrected chi connectivity index (χ1v) is 8.08. The molecule has 0 saturated heterocycles. The van der Waals surface area contributed by atoms with E-state index in [0.29, 0.717) is 11.4 Å². The van der Waals surface area contributed by atoms with Crippen molar-refractivity contribution in [2.24, 2.45) is 5.14 Å². The Balaban J connectivity index is 2.50. The van der Waals surface area contributed by atoms with Crippen molar-refractivity contribution in [3.8, 4) is 5.69 Å². The van der Waals surface area contributed by atoms with E-state index in [1.165, 1.54) is 24.3 Å². The summed E-state index contributed by atoms with van der Waals surface area (Å²) >= 11 is 0. The maximum Gasteiger partial charge on any atom is 0.435 e. The minimum absolute atomic E-state index is 0.126. The highest BCUT2D eigenvalue weighted by molar-refractivity contribution is 7.89. The summed E-state index contributed by atoms with van der Waals surface area (Å²) in [5.41, 5.74) is -0.362. The molecule has 0 unspecified atom stereocenters. The van der Waals surface area contributed by atoms with E-state index in [-0.39, 0.29) is 11.3 Å². The van der Waals surface area contributed by atoms with Crippen LogP contribution < -0.4 is 5.14 Å². The van der Waals surface area contributed by atoms with Crippen molar-refractivity contribution in [3.63, 3.8) is 0 Å². The van der Waals surface area contributed by atoms with Gasteiger partial charge in [0.25, 0.3) is 0 Å². The van der Waals surface area contributed by atoms with Gasteiger partial charge in [0, 0.05) is 12.1 Å². The Morgan fingerprint density at radius 2 is 1.87 bits per heavy atom.